The van der Waals surface area contributed by atoms with E-state index in [-0.39, 0.29) is 11.5 Å². The van der Waals surface area contributed by atoms with Gasteiger partial charge in [0.05, 0.1) is 24.1 Å². The van der Waals surface area contributed by atoms with Crippen LogP contribution < -0.4 is 15.0 Å². The largest absolute Gasteiger partial charge is 0.493 e. The standard InChI is InChI=1S/C28H29N5O5/c1-18-30-26(32-38-18)20-5-7-21(8-6-20)27(34)31-23-9-10-25(29-16-23)33-13-11-19(12-14-33)17-37-24-4-2-3-22(15-24)28(35)36/h2-5,7,9-10,15-16,19H,6,8,11-14,17H2,1H3,(H,31,34)(H,35,36). The number of ether oxygens (including phenoxy) is 1. The average Bonchev–Trinajstić information content (AvgIpc) is 3.39. The number of anilines is 2. The van der Waals surface area contributed by atoms with Crippen molar-refractivity contribution >= 4 is 29.0 Å². The summed E-state index contributed by atoms with van der Waals surface area (Å²) < 4.78 is 10.9. The molecule has 1 saturated heterocycles. The molecule has 2 aliphatic rings. The number of nitrogens with zero attached hydrogens (tertiary/aromatic N) is 4. The Bertz CT molecular complexity index is 1370. The van der Waals surface area contributed by atoms with Crippen LogP contribution in [0.2, 0.25) is 0 Å². The van der Waals surface area contributed by atoms with Crippen LogP contribution in [0, 0.1) is 12.8 Å². The lowest BCUT2D eigenvalue weighted by atomic mass is 9.97. The molecule has 5 rings (SSSR count). The molecular formula is C28H29N5O5. The number of piperidine rings is 1. The summed E-state index contributed by atoms with van der Waals surface area (Å²) in [5.41, 5.74) is 2.51. The third kappa shape index (κ3) is 6.08. The van der Waals surface area contributed by atoms with Crippen molar-refractivity contribution in [1.82, 2.24) is 15.1 Å². The van der Waals surface area contributed by atoms with Crippen molar-refractivity contribution in [2.75, 3.05) is 29.9 Å². The van der Waals surface area contributed by atoms with Crippen molar-refractivity contribution in [3.05, 3.63) is 77.6 Å². The third-order valence-corrected chi connectivity index (χ3v) is 6.77. The maximum Gasteiger partial charge on any atom is 0.335 e. The number of carbonyl (C=O) groups is 2. The van der Waals surface area contributed by atoms with Crippen LogP contribution in [0.15, 0.2) is 64.8 Å². The van der Waals surface area contributed by atoms with E-state index in [1.54, 1.807) is 43.5 Å². The number of benzene rings is 1. The molecule has 1 aliphatic carbocycles. The number of hydrogen-bond donors (Lipinski definition) is 2. The fraction of sp³-hybridized carbons (Fsp3) is 0.321. The van der Waals surface area contributed by atoms with Gasteiger partial charge in [-0.1, -0.05) is 23.4 Å². The van der Waals surface area contributed by atoms with E-state index >= 15 is 0 Å². The molecule has 1 aliphatic heterocycles. The summed E-state index contributed by atoms with van der Waals surface area (Å²) in [7, 11) is 0. The zero-order chi connectivity index (χ0) is 26.5. The van der Waals surface area contributed by atoms with E-state index in [1.807, 2.05) is 18.2 Å². The van der Waals surface area contributed by atoms with Crippen LogP contribution in [0.4, 0.5) is 11.5 Å². The number of amides is 1. The van der Waals surface area contributed by atoms with Gasteiger partial charge in [-0.3, -0.25) is 4.79 Å². The number of aromatic nitrogens is 3. The van der Waals surface area contributed by atoms with Crippen molar-refractivity contribution in [1.29, 1.82) is 0 Å². The monoisotopic (exact) mass is 515 g/mol. The van der Waals surface area contributed by atoms with Crippen LogP contribution >= 0.6 is 0 Å². The molecule has 38 heavy (non-hydrogen) atoms. The Balaban J connectivity index is 1.09. The fourth-order valence-corrected chi connectivity index (χ4v) is 4.56. The van der Waals surface area contributed by atoms with Gasteiger partial charge in [-0.05, 0) is 61.9 Å². The molecule has 2 aromatic heterocycles. The topological polar surface area (TPSA) is 131 Å². The van der Waals surface area contributed by atoms with Gasteiger partial charge in [0, 0.05) is 31.2 Å². The molecule has 0 bridgehead atoms. The van der Waals surface area contributed by atoms with E-state index < -0.39 is 5.97 Å². The summed E-state index contributed by atoms with van der Waals surface area (Å²) in [5, 5.41) is 16.0. The molecule has 3 aromatic rings. The molecule has 10 heteroatoms. The fourth-order valence-electron chi connectivity index (χ4n) is 4.56. The Labute approximate surface area is 220 Å². The average molecular weight is 516 g/mol. The number of aromatic carboxylic acids is 1. The lowest BCUT2D eigenvalue weighted by molar-refractivity contribution is -0.113. The lowest BCUT2D eigenvalue weighted by Gasteiger charge is -2.32. The predicted molar refractivity (Wildman–Crippen MR) is 141 cm³/mol. The first-order chi connectivity index (χ1) is 18.4. The molecule has 10 nitrogen and oxygen atoms in total. The molecule has 0 unspecified atom stereocenters. The van der Waals surface area contributed by atoms with Crippen molar-refractivity contribution in [3.63, 3.8) is 0 Å². The molecule has 2 N–H and O–H groups in total. The quantitative estimate of drug-likeness (QED) is 0.445. The van der Waals surface area contributed by atoms with Gasteiger partial charge in [-0.15, -0.1) is 0 Å². The highest BCUT2D eigenvalue weighted by atomic mass is 16.5. The van der Waals surface area contributed by atoms with Gasteiger partial charge in [0.15, 0.2) is 5.82 Å². The first kappa shape index (κ1) is 25.2. The van der Waals surface area contributed by atoms with Gasteiger partial charge < -0.3 is 24.6 Å². The first-order valence-electron chi connectivity index (χ1n) is 12.6. The van der Waals surface area contributed by atoms with Crippen molar-refractivity contribution in [2.45, 2.75) is 32.6 Å². The number of aryl methyl sites for hydroxylation is 1. The number of allylic oxidation sites excluding steroid dienone is 3. The van der Waals surface area contributed by atoms with E-state index in [9.17, 15) is 9.59 Å². The van der Waals surface area contributed by atoms with E-state index in [4.69, 9.17) is 14.4 Å². The zero-order valence-electron chi connectivity index (χ0n) is 21.1. The molecule has 0 spiro atoms. The molecule has 1 amide bonds. The molecule has 0 atom stereocenters. The predicted octanol–water partition coefficient (Wildman–Crippen LogP) is 4.51. The summed E-state index contributed by atoms with van der Waals surface area (Å²) in [6, 6.07) is 10.4. The van der Waals surface area contributed by atoms with Crippen LogP contribution in [-0.4, -0.2) is 51.8 Å². The van der Waals surface area contributed by atoms with Gasteiger partial charge in [0.25, 0.3) is 5.91 Å². The Morgan fingerprint density at radius 2 is 2.00 bits per heavy atom. The highest BCUT2D eigenvalue weighted by molar-refractivity contribution is 6.04. The highest BCUT2D eigenvalue weighted by Crippen LogP contribution is 2.27. The van der Waals surface area contributed by atoms with Crippen LogP contribution in [0.1, 0.15) is 47.8 Å². The van der Waals surface area contributed by atoms with E-state index in [1.165, 1.54) is 0 Å². The van der Waals surface area contributed by atoms with Gasteiger partial charge in [-0.2, -0.15) is 4.98 Å². The minimum absolute atomic E-state index is 0.145. The van der Waals surface area contributed by atoms with Crippen LogP contribution in [0.5, 0.6) is 5.75 Å². The summed E-state index contributed by atoms with van der Waals surface area (Å²) in [4.78, 5) is 34.9. The number of nitrogens with one attached hydrogen (secondary N) is 1. The second-order valence-electron chi connectivity index (χ2n) is 9.45. The van der Waals surface area contributed by atoms with E-state index in [0.29, 0.717) is 54.1 Å². The number of hydrogen-bond acceptors (Lipinski definition) is 8. The van der Waals surface area contributed by atoms with Gasteiger partial charge in [-0.25, -0.2) is 9.78 Å². The molecule has 3 heterocycles. The second-order valence-corrected chi connectivity index (χ2v) is 9.45. The van der Waals surface area contributed by atoms with E-state index in [0.717, 1.165) is 37.3 Å². The first-order valence-corrected chi connectivity index (χ1v) is 12.6. The van der Waals surface area contributed by atoms with Crippen molar-refractivity contribution in [2.24, 2.45) is 5.92 Å². The second kappa shape index (κ2) is 11.3. The van der Waals surface area contributed by atoms with Crippen LogP contribution in [0.25, 0.3) is 5.57 Å². The zero-order valence-corrected chi connectivity index (χ0v) is 21.1. The summed E-state index contributed by atoms with van der Waals surface area (Å²) in [6.07, 6.45) is 8.53. The number of carboxylic acids is 1. The number of carbonyl (C=O) groups excluding carboxylic acids is 1. The van der Waals surface area contributed by atoms with Gasteiger partial charge in [0.2, 0.25) is 5.89 Å². The van der Waals surface area contributed by atoms with Crippen molar-refractivity contribution < 1.29 is 24.0 Å². The number of carboxylic acid groups (broad SMARTS) is 1. The Hall–Kier alpha value is -4.47. The smallest absolute Gasteiger partial charge is 0.335 e. The number of pyridine rings is 1. The molecule has 1 aromatic carbocycles. The molecule has 196 valence electrons. The molecule has 0 radical (unpaired) electrons. The van der Waals surface area contributed by atoms with Crippen molar-refractivity contribution in [3.8, 4) is 5.75 Å². The third-order valence-electron chi connectivity index (χ3n) is 6.77. The molecular weight excluding hydrogens is 486 g/mol. The summed E-state index contributed by atoms with van der Waals surface area (Å²) in [6.45, 7) is 4.00. The molecule has 0 saturated carbocycles. The minimum Gasteiger partial charge on any atom is -0.493 e. The van der Waals surface area contributed by atoms with Gasteiger partial charge >= 0.3 is 5.97 Å². The Morgan fingerprint density at radius 3 is 2.66 bits per heavy atom. The van der Waals surface area contributed by atoms with E-state index in [2.05, 4.69) is 25.3 Å². The Kier molecular flexibility index (Phi) is 7.48. The van der Waals surface area contributed by atoms with Gasteiger partial charge in [0.1, 0.15) is 11.6 Å². The normalized spacial score (nSPS) is 16.0. The summed E-state index contributed by atoms with van der Waals surface area (Å²) >= 11 is 0. The summed E-state index contributed by atoms with van der Waals surface area (Å²) in [5.74, 6) is 1.82. The van der Waals surface area contributed by atoms with Crippen LogP contribution in [-0.2, 0) is 4.79 Å². The maximum absolute atomic E-state index is 12.7. The SMILES string of the molecule is Cc1nc(C2=CC=C(C(=O)Nc3ccc(N4CCC(COc5cccc(C(=O)O)c5)CC4)nc3)CC2)no1. The minimum atomic E-state index is -0.962. The Morgan fingerprint density at radius 1 is 1.16 bits per heavy atom. The number of rotatable bonds is 8. The molecule has 1 fully saturated rings. The maximum atomic E-state index is 12.7. The lowest BCUT2D eigenvalue weighted by Crippen LogP contribution is -2.36. The highest BCUT2D eigenvalue weighted by Gasteiger charge is 2.22. The van der Waals surface area contributed by atoms with Crippen LogP contribution in [0.3, 0.4) is 0 Å².